The largest absolute Gasteiger partial charge is 0.493 e. The van der Waals surface area contributed by atoms with E-state index in [1.54, 1.807) is 23.5 Å². The zero-order valence-corrected chi connectivity index (χ0v) is 28.6. The van der Waals surface area contributed by atoms with E-state index < -0.39 is 0 Å². The van der Waals surface area contributed by atoms with E-state index in [4.69, 9.17) is 26.2 Å². The molecule has 0 saturated heterocycles. The fraction of sp³-hybridized carbons (Fsp3) is 0.286. The SMILES string of the molecule is COC(=O)c1c2c3ccc(Cl)c(c3n1C)-c1c(cnn1C)CSCc1cc(n(C)n1)CSc1cc(c3ccccc3c1)OCCC2. The van der Waals surface area contributed by atoms with Gasteiger partial charge in [0.2, 0.25) is 0 Å². The van der Waals surface area contributed by atoms with Crippen molar-refractivity contribution in [3.63, 3.8) is 0 Å². The summed E-state index contributed by atoms with van der Waals surface area (Å²) in [4.78, 5) is 14.4. The van der Waals surface area contributed by atoms with Crippen molar-refractivity contribution in [2.45, 2.75) is 35.0 Å². The minimum absolute atomic E-state index is 0.377. The van der Waals surface area contributed by atoms with Crippen molar-refractivity contribution in [2.75, 3.05) is 13.7 Å². The number of methoxy groups -OCH3 is 1. The quantitative estimate of drug-likeness (QED) is 0.164. The molecule has 0 unspecified atom stereocenters. The topological polar surface area (TPSA) is 76.1 Å². The number of benzene rings is 3. The normalized spacial score (nSPS) is 14.2. The monoisotopic (exact) mass is 671 g/mol. The highest BCUT2D eigenvalue weighted by atomic mass is 35.5. The molecule has 0 fully saturated rings. The van der Waals surface area contributed by atoms with E-state index in [9.17, 15) is 4.79 Å². The highest BCUT2D eigenvalue weighted by Gasteiger charge is 2.27. The van der Waals surface area contributed by atoms with Crippen LogP contribution in [0.4, 0.5) is 0 Å². The molecule has 7 rings (SSSR count). The number of aryl methyl sites for hydroxylation is 4. The maximum absolute atomic E-state index is 13.3. The second-order valence-corrected chi connectivity index (χ2v) is 13.9. The number of esters is 1. The Kier molecular flexibility index (Phi) is 8.52. The number of thioether (sulfide) groups is 2. The molecule has 0 atom stereocenters. The molecule has 8 bridgehead atoms. The lowest BCUT2D eigenvalue weighted by atomic mass is 10.0. The van der Waals surface area contributed by atoms with Crippen LogP contribution < -0.4 is 4.74 Å². The number of hydrogen-bond donors (Lipinski definition) is 0. The molecule has 0 aliphatic carbocycles. The van der Waals surface area contributed by atoms with Gasteiger partial charge in [-0.15, -0.1) is 11.8 Å². The number of rotatable bonds is 1. The molecule has 0 radical (unpaired) electrons. The number of halogens is 1. The van der Waals surface area contributed by atoms with E-state index in [1.165, 1.54) is 12.8 Å². The van der Waals surface area contributed by atoms with Crippen LogP contribution in [0.15, 0.2) is 65.7 Å². The first kappa shape index (κ1) is 30.8. The lowest BCUT2D eigenvalue weighted by Gasteiger charge is -2.13. The van der Waals surface area contributed by atoms with Crippen molar-refractivity contribution < 1.29 is 14.3 Å². The van der Waals surface area contributed by atoms with Gasteiger partial charge in [-0.25, -0.2) is 4.79 Å². The van der Waals surface area contributed by atoms with Crippen molar-refractivity contribution in [1.29, 1.82) is 0 Å². The van der Waals surface area contributed by atoms with Crippen LogP contribution in [0.25, 0.3) is 32.9 Å². The lowest BCUT2D eigenvalue weighted by Crippen LogP contribution is -2.11. The highest BCUT2D eigenvalue weighted by molar-refractivity contribution is 7.98. The van der Waals surface area contributed by atoms with Gasteiger partial charge in [0.1, 0.15) is 11.4 Å². The summed E-state index contributed by atoms with van der Waals surface area (Å²) in [7, 11) is 7.28. The van der Waals surface area contributed by atoms with Gasteiger partial charge in [-0.1, -0.05) is 41.9 Å². The summed E-state index contributed by atoms with van der Waals surface area (Å²) in [6, 6.07) is 18.8. The smallest absolute Gasteiger partial charge is 0.354 e. The maximum Gasteiger partial charge on any atom is 0.354 e. The zero-order valence-electron chi connectivity index (χ0n) is 26.2. The molecule has 8 nitrogen and oxygen atoms in total. The molecule has 0 amide bonds. The number of nitrogens with zero attached hydrogens (tertiary/aromatic N) is 5. The van der Waals surface area contributed by atoms with E-state index >= 15 is 0 Å². The Morgan fingerprint density at radius 2 is 1.85 bits per heavy atom. The van der Waals surface area contributed by atoms with E-state index in [0.29, 0.717) is 30.2 Å². The standard InChI is InChI=1S/C35H34ClN5O3S2/c1-39-33-28-11-12-29(36)31(33)32-22(17-37-41(32)3)18-45-19-23-15-24(40(2)38-23)20-46-25-14-21-8-5-6-9-26(21)30(16-25)44-13-7-10-27(28)34(39)35(42)43-4/h5-6,8-9,11-12,14-17H,7,10,13,18-20H2,1-4H3. The van der Waals surface area contributed by atoms with Crippen LogP contribution >= 0.6 is 35.1 Å². The number of carbonyl (C=O) groups is 1. The molecule has 0 saturated carbocycles. The fourth-order valence-electron chi connectivity index (χ4n) is 6.43. The number of fused-ring (bicyclic) bond motifs is 8. The second kappa shape index (κ2) is 12.7. The van der Waals surface area contributed by atoms with Crippen LogP contribution in [-0.4, -0.2) is 43.8 Å². The van der Waals surface area contributed by atoms with E-state index in [1.807, 2.05) is 59.5 Å². The van der Waals surface area contributed by atoms with Gasteiger partial charge >= 0.3 is 5.97 Å². The summed E-state index contributed by atoms with van der Waals surface area (Å²) in [5, 5.41) is 13.2. The molecule has 1 aliphatic rings. The average Bonchev–Trinajstić information content (AvgIpc) is 3.69. The Morgan fingerprint density at radius 3 is 2.70 bits per heavy atom. The van der Waals surface area contributed by atoms with Gasteiger partial charge < -0.3 is 14.0 Å². The molecule has 6 aromatic rings. The van der Waals surface area contributed by atoms with Gasteiger partial charge in [0, 0.05) is 70.9 Å². The van der Waals surface area contributed by atoms with Crippen molar-refractivity contribution in [3.05, 3.63) is 94.0 Å². The first-order valence-electron chi connectivity index (χ1n) is 15.1. The summed E-state index contributed by atoms with van der Waals surface area (Å²) in [5.74, 6) is 2.78. The Balaban J connectivity index is 1.35. The fourth-order valence-corrected chi connectivity index (χ4v) is 8.54. The average molecular weight is 672 g/mol. The Bertz CT molecular complexity index is 2110. The summed E-state index contributed by atoms with van der Waals surface area (Å²) < 4.78 is 17.6. The minimum Gasteiger partial charge on any atom is -0.493 e. The van der Waals surface area contributed by atoms with Crippen LogP contribution in [0.1, 0.15) is 39.4 Å². The number of hydrogen-bond acceptors (Lipinski definition) is 7. The van der Waals surface area contributed by atoms with Crippen LogP contribution in [0.3, 0.4) is 0 Å². The molecule has 3 aromatic heterocycles. The predicted molar refractivity (Wildman–Crippen MR) is 187 cm³/mol. The first-order valence-corrected chi connectivity index (χ1v) is 17.6. The van der Waals surface area contributed by atoms with E-state index in [2.05, 4.69) is 41.5 Å². The van der Waals surface area contributed by atoms with Gasteiger partial charge in [-0.05, 0) is 48.1 Å². The van der Waals surface area contributed by atoms with Gasteiger partial charge in [0.15, 0.2) is 0 Å². The maximum atomic E-state index is 13.3. The van der Waals surface area contributed by atoms with Gasteiger partial charge in [-0.2, -0.15) is 22.0 Å². The molecule has 0 spiro atoms. The molecular formula is C35H34ClN5O3S2. The molecule has 1 aliphatic heterocycles. The summed E-state index contributed by atoms with van der Waals surface area (Å²) in [6.45, 7) is 0.490. The summed E-state index contributed by atoms with van der Waals surface area (Å²) in [5.41, 5.74) is 7.41. The van der Waals surface area contributed by atoms with Crippen molar-refractivity contribution in [1.82, 2.24) is 24.1 Å². The zero-order chi connectivity index (χ0) is 31.9. The third kappa shape index (κ3) is 5.56. The van der Waals surface area contributed by atoms with Crippen LogP contribution in [0, 0.1) is 0 Å². The molecule has 46 heavy (non-hydrogen) atoms. The minimum atomic E-state index is -0.377. The number of ether oxygens (including phenoxy) is 2. The third-order valence-electron chi connectivity index (χ3n) is 8.59. The third-order valence-corrected chi connectivity index (χ3v) is 10.9. The summed E-state index contributed by atoms with van der Waals surface area (Å²) in [6.07, 6.45) is 3.25. The van der Waals surface area contributed by atoms with Gasteiger partial charge in [0.05, 0.1) is 41.8 Å². The Morgan fingerprint density at radius 1 is 1.00 bits per heavy atom. The van der Waals surface area contributed by atoms with Crippen LogP contribution in [0.5, 0.6) is 5.75 Å². The first-order chi connectivity index (χ1) is 22.3. The van der Waals surface area contributed by atoms with E-state index in [0.717, 1.165) is 77.7 Å². The molecule has 0 N–H and O–H groups in total. The van der Waals surface area contributed by atoms with E-state index in [-0.39, 0.29) is 5.97 Å². The predicted octanol–water partition coefficient (Wildman–Crippen LogP) is 7.96. The van der Waals surface area contributed by atoms with Crippen molar-refractivity contribution in [3.8, 4) is 17.0 Å². The molecular weight excluding hydrogens is 638 g/mol. The van der Waals surface area contributed by atoms with Gasteiger partial charge in [-0.3, -0.25) is 9.36 Å². The molecule has 11 heteroatoms. The van der Waals surface area contributed by atoms with Crippen molar-refractivity contribution >= 4 is 62.8 Å². The number of carbonyl (C=O) groups excluding carboxylic acids is 1. The second-order valence-electron chi connectivity index (χ2n) is 11.5. The van der Waals surface area contributed by atoms with Crippen LogP contribution in [-0.2, 0) is 49.6 Å². The Hall–Kier alpha value is -3.86. The molecule has 236 valence electrons. The number of aromatic nitrogens is 5. The summed E-state index contributed by atoms with van der Waals surface area (Å²) >= 11 is 10.6. The van der Waals surface area contributed by atoms with Gasteiger partial charge in [0.25, 0.3) is 0 Å². The molecule has 4 heterocycles. The highest BCUT2D eigenvalue weighted by Crippen LogP contribution is 2.41. The lowest BCUT2D eigenvalue weighted by molar-refractivity contribution is 0.0589. The molecule has 3 aromatic carbocycles. The Labute approximate surface area is 281 Å². The van der Waals surface area contributed by atoms with Crippen molar-refractivity contribution in [2.24, 2.45) is 21.1 Å². The van der Waals surface area contributed by atoms with Crippen LogP contribution in [0.2, 0.25) is 5.02 Å².